The molecule has 14 heavy (non-hydrogen) atoms. The molecule has 0 saturated heterocycles. The molecule has 0 radical (unpaired) electrons. The van der Waals surface area contributed by atoms with E-state index in [0.29, 0.717) is 0 Å². The minimum Gasteiger partial charge on any atom is -0.0871 e. The van der Waals surface area contributed by atoms with Crippen LogP contribution < -0.4 is 0 Å². The monoisotopic (exact) mass is 186 g/mol. The lowest BCUT2D eigenvalue weighted by Gasteiger charge is -2.06. The number of rotatable bonds is 2. The molecule has 0 atom stereocenters. The summed E-state index contributed by atoms with van der Waals surface area (Å²) in [4.78, 5) is 0. The Morgan fingerprint density at radius 2 is 1.14 bits per heavy atom. The van der Waals surface area contributed by atoms with Crippen LogP contribution in [0.15, 0.2) is 24.3 Å². The van der Waals surface area contributed by atoms with Crippen LogP contribution >= 0.6 is 0 Å². The van der Waals surface area contributed by atoms with Crippen LogP contribution in [0.3, 0.4) is 0 Å². The van der Waals surface area contributed by atoms with Gasteiger partial charge in [0.1, 0.15) is 0 Å². The molecule has 0 aliphatic rings. The number of aryl methyl sites for hydroxylation is 2. The molecule has 0 saturated carbocycles. The molecule has 1 rings (SSSR count). The first-order valence-electron chi connectivity index (χ1n) is 5.05. The molecule has 0 amide bonds. The lowest BCUT2D eigenvalue weighted by atomic mass is 9.99. The number of allylic oxidation sites excluding steroid dienone is 2. The molecule has 0 aliphatic heterocycles. The fourth-order valence-corrected chi connectivity index (χ4v) is 1.58. The molecule has 0 heteroatoms. The molecular weight excluding hydrogens is 168 g/mol. The molecule has 0 aliphatic carbocycles. The van der Waals surface area contributed by atoms with Gasteiger partial charge in [-0.2, -0.15) is 0 Å². The highest BCUT2D eigenvalue weighted by atomic mass is 14.0. The Hall–Kier alpha value is -1.30. The van der Waals surface area contributed by atoms with Crippen molar-refractivity contribution in [3.05, 3.63) is 46.5 Å². The van der Waals surface area contributed by atoms with E-state index in [9.17, 15) is 0 Å². The number of hydrogen-bond donors (Lipinski definition) is 0. The van der Waals surface area contributed by atoms with Crippen LogP contribution in [0.4, 0.5) is 0 Å². The molecule has 0 N–H and O–H groups in total. The summed E-state index contributed by atoms with van der Waals surface area (Å²) >= 11 is 0. The van der Waals surface area contributed by atoms with Crippen molar-refractivity contribution in [2.45, 2.75) is 27.7 Å². The van der Waals surface area contributed by atoms with Crippen LogP contribution in [-0.4, -0.2) is 0 Å². The molecule has 0 bridgehead atoms. The Balaban J connectivity index is 3.23. The van der Waals surface area contributed by atoms with Gasteiger partial charge < -0.3 is 0 Å². The Kier molecular flexibility index (Phi) is 3.70. The van der Waals surface area contributed by atoms with Gasteiger partial charge >= 0.3 is 0 Å². The molecule has 1 aromatic rings. The van der Waals surface area contributed by atoms with E-state index in [0.717, 1.165) is 0 Å². The van der Waals surface area contributed by atoms with Gasteiger partial charge in [-0.05, 0) is 49.9 Å². The fraction of sp³-hybridized carbons (Fsp3) is 0.286. The SMILES string of the molecule is C/C=C\c1cc(C)c(/C=C\C)cc1C. The van der Waals surface area contributed by atoms with Gasteiger partial charge in [0.25, 0.3) is 0 Å². The molecule has 0 heterocycles. The van der Waals surface area contributed by atoms with E-state index in [1.165, 1.54) is 22.3 Å². The van der Waals surface area contributed by atoms with Crippen LogP contribution in [0.2, 0.25) is 0 Å². The topological polar surface area (TPSA) is 0 Å². The highest BCUT2D eigenvalue weighted by Crippen LogP contribution is 2.18. The van der Waals surface area contributed by atoms with Crippen molar-refractivity contribution >= 4 is 12.2 Å². The van der Waals surface area contributed by atoms with Crippen molar-refractivity contribution < 1.29 is 0 Å². The highest BCUT2D eigenvalue weighted by molar-refractivity contribution is 5.62. The third-order valence-electron chi connectivity index (χ3n) is 2.35. The fourth-order valence-electron chi connectivity index (χ4n) is 1.58. The van der Waals surface area contributed by atoms with Gasteiger partial charge in [0, 0.05) is 0 Å². The zero-order chi connectivity index (χ0) is 10.6. The first-order valence-corrected chi connectivity index (χ1v) is 5.05. The largest absolute Gasteiger partial charge is 0.0871 e. The lowest BCUT2D eigenvalue weighted by molar-refractivity contribution is 1.35. The Bertz CT molecular complexity index is 330. The molecule has 0 nitrogen and oxygen atoms in total. The van der Waals surface area contributed by atoms with Crippen LogP contribution in [0.5, 0.6) is 0 Å². The quantitative estimate of drug-likeness (QED) is 0.643. The molecule has 1 aromatic carbocycles. The lowest BCUT2D eigenvalue weighted by Crippen LogP contribution is -1.87. The van der Waals surface area contributed by atoms with E-state index in [2.05, 4.69) is 64.1 Å². The van der Waals surface area contributed by atoms with E-state index in [4.69, 9.17) is 0 Å². The normalized spacial score (nSPS) is 11.7. The molecule has 0 spiro atoms. The van der Waals surface area contributed by atoms with E-state index >= 15 is 0 Å². The summed E-state index contributed by atoms with van der Waals surface area (Å²) in [6.07, 6.45) is 8.47. The first kappa shape index (κ1) is 10.8. The van der Waals surface area contributed by atoms with Gasteiger partial charge in [-0.3, -0.25) is 0 Å². The van der Waals surface area contributed by atoms with Gasteiger partial charge in [0.2, 0.25) is 0 Å². The standard InChI is InChI=1S/C14H18/c1-5-7-13-9-12(4)14(8-6-2)10-11(13)3/h5-10H,1-4H3/b7-5-,8-6-. The van der Waals surface area contributed by atoms with Crippen molar-refractivity contribution in [2.24, 2.45) is 0 Å². The molecular formula is C14H18. The average Bonchev–Trinajstić information content (AvgIpc) is 2.14. The zero-order valence-corrected chi connectivity index (χ0v) is 9.46. The van der Waals surface area contributed by atoms with Crippen molar-refractivity contribution in [2.75, 3.05) is 0 Å². The average molecular weight is 186 g/mol. The summed E-state index contributed by atoms with van der Waals surface area (Å²) in [5.41, 5.74) is 5.31. The van der Waals surface area contributed by atoms with E-state index < -0.39 is 0 Å². The van der Waals surface area contributed by atoms with Gasteiger partial charge in [-0.25, -0.2) is 0 Å². The van der Waals surface area contributed by atoms with Gasteiger partial charge in [0.15, 0.2) is 0 Å². The van der Waals surface area contributed by atoms with Crippen LogP contribution in [-0.2, 0) is 0 Å². The summed E-state index contributed by atoms with van der Waals surface area (Å²) in [5.74, 6) is 0. The van der Waals surface area contributed by atoms with Crippen molar-refractivity contribution in [3.63, 3.8) is 0 Å². The second-order valence-electron chi connectivity index (χ2n) is 3.57. The minimum absolute atomic E-state index is 1.32. The second-order valence-corrected chi connectivity index (χ2v) is 3.57. The highest BCUT2D eigenvalue weighted by Gasteiger charge is 1.99. The molecule has 0 aromatic heterocycles. The van der Waals surface area contributed by atoms with E-state index in [1.807, 2.05) is 0 Å². The minimum atomic E-state index is 1.32. The van der Waals surface area contributed by atoms with Crippen molar-refractivity contribution in [1.82, 2.24) is 0 Å². The zero-order valence-electron chi connectivity index (χ0n) is 9.46. The summed E-state index contributed by atoms with van der Waals surface area (Å²) in [6.45, 7) is 8.41. The number of hydrogen-bond acceptors (Lipinski definition) is 0. The Labute approximate surface area is 87.0 Å². The summed E-state index contributed by atoms with van der Waals surface area (Å²) in [6, 6.07) is 4.48. The van der Waals surface area contributed by atoms with E-state index in [1.54, 1.807) is 0 Å². The third kappa shape index (κ3) is 2.35. The maximum absolute atomic E-state index is 2.24. The van der Waals surface area contributed by atoms with Gasteiger partial charge in [-0.15, -0.1) is 0 Å². The van der Waals surface area contributed by atoms with Crippen molar-refractivity contribution in [3.8, 4) is 0 Å². The Morgan fingerprint density at radius 3 is 1.43 bits per heavy atom. The molecule has 0 fully saturated rings. The smallest absolute Gasteiger partial charge is 0.0228 e. The van der Waals surface area contributed by atoms with Crippen molar-refractivity contribution in [1.29, 1.82) is 0 Å². The second kappa shape index (κ2) is 4.80. The summed E-state index contributed by atoms with van der Waals surface area (Å²) in [7, 11) is 0. The predicted octanol–water partition coefficient (Wildman–Crippen LogP) is 4.37. The Morgan fingerprint density at radius 1 is 0.786 bits per heavy atom. The van der Waals surface area contributed by atoms with Gasteiger partial charge in [-0.1, -0.05) is 36.4 Å². The maximum atomic E-state index is 2.24. The van der Waals surface area contributed by atoms with Crippen LogP contribution in [0.1, 0.15) is 36.1 Å². The molecule has 0 unspecified atom stereocenters. The van der Waals surface area contributed by atoms with Crippen LogP contribution in [0.25, 0.3) is 12.2 Å². The summed E-state index contributed by atoms with van der Waals surface area (Å²) in [5, 5.41) is 0. The number of benzene rings is 1. The van der Waals surface area contributed by atoms with E-state index in [-0.39, 0.29) is 0 Å². The summed E-state index contributed by atoms with van der Waals surface area (Å²) < 4.78 is 0. The third-order valence-corrected chi connectivity index (χ3v) is 2.35. The molecule has 74 valence electrons. The van der Waals surface area contributed by atoms with Crippen LogP contribution in [0, 0.1) is 13.8 Å². The predicted molar refractivity (Wildman–Crippen MR) is 65.3 cm³/mol. The van der Waals surface area contributed by atoms with Gasteiger partial charge in [0.05, 0.1) is 0 Å². The first-order chi connectivity index (χ1) is 6.69. The maximum Gasteiger partial charge on any atom is -0.0228 e.